The summed E-state index contributed by atoms with van der Waals surface area (Å²) >= 11 is 0. The lowest BCUT2D eigenvalue weighted by atomic mass is 9.89. The van der Waals surface area contributed by atoms with Gasteiger partial charge in [0.2, 0.25) is 0 Å². The fourth-order valence-corrected chi connectivity index (χ4v) is 3.46. The summed E-state index contributed by atoms with van der Waals surface area (Å²) in [6, 6.07) is 9.11. The van der Waals surface area contributed by atoms with Gasteiger partial charge in [-0.05, 0) is 63.1 Å². The lowest BCUT2D eigenvalue weighted by molar-refractivity contribution is 0.162. The van der Waals surface area contributed by atoms with Gasteiger partial charge >= 0.3 is 0 Å². The van der Waals surface area contributed by atoms with Gasteiger partial charge in [-0.1, -0.05) is 25.5 Å². The molecule has 20 heavy (non-hydrogen) atoms. The van der Waals surface area contributed by atoms with Crippen LogP contribution < -0.4 is 10.1 Å². The number of nitrogens with zero attached hydrogens (tertiary/aromatic N) is 1. The van der Waals surface area contributed by atoms with E-state index in [1.54, 1.807) is 7.11 Å². The van der Waals surface area contributed by atoms with Crippen LogP contribution in [0.1, 0.15) is 37.8 Å². The largest absolute Gasteiger partial charge is 0.497 e. The Labute approximate surface area is 123 Å². The van der Waals surface area contributed by atoms with Gasteiger partial charge in [0.15, 0.2) is 0 Å². The summed E-state index contributed by atoms with van der Waals surface area (Å²) in [6.45, 7) is 5.67. The van der Waals surface area contributed by atoms with Crippen LogP contribution in [-0.4, -0.2) is 38.7 Å². The first-order chi connectivity index (χ1) is 9.80. The second-order valence-corrected chi connectivity index (χ2v) is 5.66. The SMILES string of the molecule is CCN1CCCCC(CNC)C1c1cccc(OC)c1. The smallest absolute Gasteiger partial charge is 0.119 e. The van der Waals surface area contributed by atoms with Crippen LogP contribution in [0.15, 0.2) is 24.3 Å². The van der Waals surface area contributed by atoms with Crippen molar-refractivity contribution in [1.29, 1.82) is 0 Å². The van der Waals surface area contributed by atoms with E-state index in [9.17, 15) is 0 Å². The Morgan fingerprint density at radius 3 is 2.90 bits per heavy atom. The zero-order valence-electron chi connectivity index (χ0n) is 13.1. The molecule has 1 aromatic rings. The van der Waals surface area contributed by atoms with Crippen molar-refractivity contribution in [2.45, 2.75) is 32.2 Å². The highest BCUT2D eigenvalue weighted by atomic mass is 16.5. The monoisotopic (exact) mass is 276 g/mol. The molecule has 2 unspecified atom stereocenters. The van der Waals surface area contributed by atoms with E-state index in [4.69, 9.17) is 4.74 Å². The third-order valence-electron chi connectivity index (χ3n) is 4.42. The van der Waals surface area contributed by atoms with Gasteiger partial charge in [-0.2, -0.15) is 0 Å². The van der Waals surface area contributed by atoms with Crippen LogP contribution in [0.2, 0.25) is 0 Å². The minimum Gasteiger partial charge on any atom is -0.497 e. The van der Waals surface area contributed by atoms with Crippen molar-refractivity contribution in [3.05, 3.63) is 29.8 Å². The van der Waals surface area contributed by atoms with Crippen molar-refractivity contribution >= 4 is 0 Å². The number of nitrogens with one attached hydrogen (secondary N) is 1. The second-order valence-electron chi connectivity index (χ2n) is 5.66. The maximum atomic E-state index is 5.41. The van der Waals surface area contributed by atoms with Gasteiger partial charge < -0.3 is 10.1 Å². The molecule has 0 aliphatic carbocycles. The van der Waals surface area contributed by atoms with Gasteiger partial charge in [0, 0.05) is 6.04 Å². The first kappa shape index (κ1) is 15.3. The van der Waals surface area contributed by atoms with E-state index >= 15 is 0 Å². The fraction of sp³-hybridized carbons (Fsp3) is 0.647. The molecule has 1 aromatic carbocycles. The molecule has 112 valence electrons. The van der Waals surface area contributed by atoms with Gasteiger partial charge in [0.05, 0.1) is 7.11 Å². The lowest BCUT2D eigenvalue weighted by Crippen LogP contribution is -2.36. The molecule has 0 aromatic heterocycles. The number of hydrogen-bond acceptors (Lipinski definition) is 3. The molecular formula is C17H28N2O. The molecule has 0 bridgehead atoms. The predicted octanol–water partition coefficient (Wildman–Crippen LogP) is 3.08. The summed E-state index contributed by atoms with van der Waals surface area (Å²) in [4.78, 5) is 2.63. The first-order valence-corrected chi connectivity index (χ1v) is 7.82. The number of benzene rings is 1. The summed E-state index contributed by atoms with van der Waals surface area (Å²) in [7, 11) is 3.80. The zero-order chi connectivity index (χ0) is 14.4. The summed E-state index contributed by atoms with van der Waals surface area (Å²) in [6.07, 6.45) is 3.96. The average Bonchev–Trinajstić information content (AvgIpc) is 2.69. The van der Waals surface area contributed by atoms with Crippen molar-refractivity contribution in [2.75, 3.05) is 33.8 Å². The number of rotatable bonds is 5. The Kier molecular flexibility index (Phi) is 5.86. The molecule has 1 heterocycles. The van der Waals surface area contributed by atoms with Crippen molar-refractivity contribution < 1.29 is 4.74 Å². The summed E-state index contributed by atoms with van der Waals surface area (Å²) in [5, 5.41) is 3.38. The van der Waals surface area contributed by atoms with Crippen LogP contribution in [0, 0.1) is 5.92 Å². The molecule has 3 nitrogen and oxygen atoms in total. The van der Waals surface area contributed by atoms with E-state index in [0.29, 0.717) is 12.0 Å². The van der Waals surface area contributed by atoms with Gasteiger partial charge in [0.25, 0.3) is 0 Å². The number of likely N-dealkylation sites (tertiary alicyclic amines) is 1. The van der Waals surface area contributed by atoms with E-state index in [0.717, 1.165) is 18.8 Å². The molecule has 1 saturated heterocycles. The molecular weight excluding hydrogens is 248 g/mol. The number of hydrogen-bond donors (Lipinski definition) is 1. The number of ether oxygens (including phenoxy) is 1. The quantitative estimate of drug-likeness (QED) is 0.894. The van der Waals surface area contributed by atoms with Gasteiger partial charge in [0.1, 0.15) is 5.75 Å². The summed E-state index contributed by atoms with van der Waals surface area (Å²) in [5.41, 5.74) is 1.40. The second kappa shape index (κ2) is 7.65. The molecule has 0 radical (unpaired) electrons. The van der Waals surface area contributed by atoms with E-state index < -0.39 is 0 Å². The Morgan fingerprint density at radius 2 is 2.20 bits per heavy atom. The normalized spacial score (nSPS) is 24.4. The summed E-state index contributed by atoms with van der Waals surface area (Å²) < 4.78 is 5.41. The molecule has 1 aliphatic rings. The Hall–Kier alpha value is -1.06. The van der Waals surface area contributed by atoms with E-state index in [1.807, 2.05) is 6.07 Å². The Morgan fingerprint density at radius 1 is 1.35 bits per heavy atom. The van der Waals surface area contributed by atoms with Crippen LogP contribution in [0.4, 0.5) is 0 Å². The molecule has 2 atom stereocenters. The molecule has 3 heteroatoms. The van der Waals surface area contributed by atoms with E-state index in [-0.39, 0.29) is 0 Å². The third-order valence-corrected chi connectivity index (χ3v) is 4.42. The van der Waals surface area contributed by atoms with E-state index in [2.05, 4.69) is 42.4 Å². The van der Waals surface area contributed by atoms with Crippen LogP contribution in [0.3, 0.4) is 0 Å². The van der Waals surface area contributed by atoms with Crippen LogP contribution in [0.25, 0.3) is 0 Å². The van der Waals surface area contributed by atoms with Crippen LogP contribution in [-0.2, 0) is 0 Å². The molecule has 1 fully saturated rings. The van der Waals surface area contributed by atoms with Crippen molar-refractivity contribution in [3.63, 3.8) is 0 Å². The highest BCUT2D eigenvalue weighted by Gasteiger charge is 2.29. The molecule has 1 aliphatic heterocycles. The molecule has 2 rings (SSSR count). The molecule has 0 saturated carbocycles. The van der Waals surface area contributed by atoms with Crippen LogP contribution in [0.5, 0.6) is 5.75 Å². The summed E-state index contributed by atoms with van der Waals surface area (Å²) in [5.74, 6) is 1.64. The number of methoxy groups -OCH3 is 1. The minimum absolute atomic E-state index is 0.505. The molecule has 0 spiro atoms. The van der Waals surface area contributed by atoms with Gasteiger partial charge in [-0.15, -0.1) is 0 Å². The maximum absolute atomic E-state index is 5.41. The molecule has 1 N–H and O–H groups in total. The van der Waals surface area contributed by atoms with E-state index in [1.165, 1.54) is 31.4 Å². The van der Waals surface area contributed by atoms with Crippen LogP contribution >= 0.6 is 0 Å². The highest BCUT2D eigenvalue weighted by Crippen LogP contribution is 2.35. The lowest BCUT2D eigenvalue weighted by Gasteiger charge is -2.35. The Bertz CT molecular complexity index is 408. The fourth-order valence-electron chi connectivity index (χ4n) is 3.46. The standard InChI is InChI=1S/C17H28N2O/c1-4-19-11-6-5-8-15(13-18-2)17(19)14-9-7-10-16(12-14)20-3/h7,9-10,12,15,17-18H,4-6,8,11,13H2,1-3H3. The minimum atomic E-state index is 0.505. The van der Waals surface area contributed by atoms with Crippen molar-refractivity contribution in [1.82, 2.24) is 10.2 Å². The maximum Gasteiger partial charge on any atom is 0.119 e. The zero-order valence-corrected chi connectivity index (χ0v) is 13.1. The average molecular weight is 276 g/mol. The van der Waals surface area contributed by atoms with Crippen molar-refractivity contribution in [3.8, 4) is 5.75 Å². The topological polar surface area (TPSA) is 24.5 Å². The first-order valence-electron chi connectivity index (χ1n) is 7.82. The van der Waals surface area contributed by atoms with Gasteiger partial charge in [-0.25, -0.2) is 0 Å². The third kappa shape index (κ3) is 3.53. The van der Waals surface area contributed by atoms with Gasteiger partial charge in [-0.3, -0.25) is 4.90 Å². The highest BCUT2D eigenvalue weighted by molar-refractivity contribution is 5.31. The van der Waals surface area contributed by atoms with Crippen molar-refractivity contribution in [2.24, 2.45) is 5.92 Å². The predicted molar refractivity (Wildman–Crippen MR) is 84.2 cm³/mol. The Balaban J connectivity index is 2.32. The molecule has 0 amide bonds.